The molecule has 1 unspecified atom stereocenters. The van der Waals surface area contributed by atoms with Gasteiger partial charge in [0, 0.05) is 12.3 Å². The second-order valence-electron chi connectivity index (χ2n) is 4.71. The number of carboxylic acid groups (broad SMARTS) is 2. The van der Waals surface area contributed by atoms with E-state index < -0.39 is 40.9 Å². The number of benzene rings is 1. The third-order valence-electron chi connectivity index (χ3n) is 3.02. The summed E-state index contributed by atoms with van der Waals surface area (Å²) in [5.74, 6) is -2.26. The zero-order valence-corrected chi connectivity index (χ0v) is 12.5. The Hall–Kier alpha value is -1.93. The predicted molar refractivity (Wildman–Crippen MR) is 74.8 cm³/mol. The molecule has 7 nitrogen and oxygen atoms in total. The fraction of sp³-hybridized carbons (Fsp3) is 0.385. The number of hydrogen-bond donors (Lipinski definition) is 2. The number of aliphatic carboxylic acids is 2. The van der Waals surface area contributed by atoms with Crippen molar-refractivity contribution in [3.05, 3.63) is 29.8 Å². The number of sulfone groups is 1. The van der Waals surface area contributed by atoms with E-state index in [1.165, 1.54) is 17.0 Å². The average molecular weight is 315 g/mol. The highest BCUT2D eigenvalue weighted by Gasteiger charge is 2.21. The molecule has 0 aromatic heterocycles. The lowest BCUT2D eigenvalue weighted by molar-refractivity contribution is -0.142. The molecular weight excluding hydrogens is 298 g/mol. The molecule has 8 heteroatoms. The molecular formula is C13H17NO6S. The van der Waals surface area contributed by atoms with Crippen molar-refractivity contribution in [1.82, 2.24) is 4.90 Å². The van der Waals surface area contributed by atoms with Crippen LogP contribution in [0, 0.1) is 0 Å². The fourth-order valence-corrected chi connectivity index (χ4v) is 2.51. The van der Waals surface area contributed by atoms with Gasteiger partial charge in [-0.25, -0.2) is 8.42 Å². The van der Waals surface area contributed by atoms with Crippen molar-refractivity contribution in [1.29, 1.82) is 0 Å². The summed E-state index contributed by atoms with van der Waals surface area (Å²) in [7, 11) is -3.31. The highest BCUT2D eigenvalue weighted by Crippen LogP contribution is 2.21. The number of carboxylic acids is 2. The first kappa shape index (κ1) is 17.1. The van der Waals surface area contributed by atoms with Crippen molar-refractivity contribution in [3.63, 3.8) is 0 Å². The molecule has 116 valence electrons. The molecule has 21 heavy (non-hydrogen) atoms. The van der Waals surface area contributed by atoms with E-state index in [4.69, 9.17) is 10.2 Å². The van der Waals surface area contributed by atoms with Crippen LogP contribution >= 0.6 is 0 Å². The van der Waals surface area contributed by atoms with Crippen LogP contribution in [0.2, 0.25) is 0 Å². The van der Waals surface area contributed by atoms with E-state index >= 15 is 0 Å². The first-order valence-corrected chi connectivity index (χ1v) is 7.98. The minimum Gasteiger partial charge on any atom is -0.480 e. The molecule has 1 atom stereocenters. The van der Waals surface area contributed by atoms with E-state index in [9.17, 15) is 18.0 Å². The van der Waals surface area contributed by atoms with E-state index in [0.29, 0.717) is 5.56 Å². The van der Waals surface area contributed by atoms with Crippen molar-refractivity contribution < 1.29 is 28.2 Å². The molecule has 1 rings (SSSR count). The molecule has 1 aromatic rings. The molecule has 0 aliphatic rings. The lowest BCUT2D eigenvalue weighted by Crippen LogP contribution is -2.36. The van der Waals surface area contributed by atoms with Crippen LogP contribution < -0.4 is 0 Å². The summed E-state index contributed by atoms with van der Waals surface area (Å²) >= 11 is 0. The third-order valence-corrected chi connectivity index (χ3v) is 4.14. The largest absolute Gasteiger partial charge is 0.480 e. The monoisotopic (exact) mass is 315 g/mol. The Labute approximate surface area is 122 Å². The molecule has 1 aromatic carbocycles. The van der Waals surface area contributed by atoms with Crippen molar-refractivity contribution in [2.45, 2.75) is 17.9 Å². The molecule has 0 radical (unpaired) electrons. The quantitative estimate of drug-likeness (QED) is 0.758. The number of rotatable bonds is 7. The maximum atomic E-state index is 11.4. The van der Waals surface area contributed by atoms with Crippen LogP contribution in [0.1, 0.15) is 18.5 Å². The smallest absolute Gasteiger partial charge is 0.317 e. The van der Waals surface area contributed by atoms with E-state index in [-0.39, 0.29) is 4.90 Å². The Bertz CT molecular complexity index is 607. The standard InChI is InChI=1S/C13H17NO6S/c1-9(14(7-12(15)16)8-13(17)18)10-3-5-11(6-4-10)21(2,19)20/h3-6,9H,7-8H2,1-2H3,(H,15,16)(H,17,18). The van der Waals surface area contributed by atoms with Crippen LogP contribution in [-0.4, -0.2) is 54.8 Å². The van der Waals surface area contributed by atoms with Gasteiger partial charge in [-0.2, -0.15) is 0 Å². The number of nitrogens with zero attached hydrogens (tertiary/aromatic N) is 1. The van der Waals surface area contributed by atoms with Crippen molar-refractivity contribution in [2.24, 2.45) is 0 Å². The zero-order valence-electron chi connectivity index (χ0n) is 11.7. The lowest BCUT2D eigenvalue weighted by Gasteiger charge is -2.26. The first-order chi connectivity index (χ1) is 9.61. The van der Waals surface area contributed by atoms with Gasteiger partial charge in [0.15, 0.2) is 9.84 Å². The van der Waals surface area contributed by atoms with Crippen LogP contribution in [0.3, 0.4) is 0 Å². The molecule has 0 saturated heterocycles. The van der Waals surface area contributed by atoms with Crippen LogP contribution in [0.4, 0.5) is 0 Å². The minimum atomic E-state index is -3.31. The van der Waals surface area contributed by atoms with Crippen molar-refractivity contribution >= 4 is 21.8 Å². The maximum Gasteiger partial charge on any atom is 0.317 e. The SMILES string of the molecule is CC(c1ccc(S(C)(=O)=O)cc1)N(CC(=O)O)CC(=O)O. The van der Waals surface area contributed by atoms with E-state index in [1.807, 2.05) is 0 Å². The zero-order chi connectivity index (χ0) is 16.2. The molecule has 0 saturated carbocycles. The van der Waals surface area contributed by atoms with E-state index in [1.54, 1.807) is 19.1 Å². The summed E-state index contributed by atoms with van der Waals surface area (Å²) in [5, 5.41) is 17.7. The molecule has 0 aliphatic carbocycles. The van der Waals surface area contributed by atoms with Gasteiger partial charge in [-0.3, -0.25) is 14.5 Å². The van der Waals surface area contributed by atoms with Gasteiger partial charge >= 0.3 is 11.9 Å². The third kappa shape index (κ3) is 5.16. The Balaban J connectivity index is 3.00. The lowest BCUT2D eigenvalue weighted by atomic mass is 10.1. The van der Waals surface area contributed by atoms with Gasteiger partial charge in [-0.05, 0) is 24.6 Å². The molecule has 0 heterocycles. The predicted octanol–water partition coefficient (Wildman–Crippen LogP) is 0.622. The first-order valence-electron chi connectivity index (χ1n) is 6.09. The second kappa shape index (κ2) is 6.68. The molecule has 2 N–H and O–H groups in total. The van der Waals surface area contributed by atoms with E-state index in [2.05, 4.69) is 0 Å². The van der Waals surface area contributed by atoms with Crippen LogP contribution in [0.5, 0.6) is 0 Å². The molecule has 0 spiro atoms. The van der Waals surface area contributed by atoms with Gasteiger partial charge < -0.3 is 10.2 Å². The minimum absolute atomic E-state index is 0.154. The topological polar surface area (TPSA) is 112 Å². The van der Waals surface area contributed by atoms with Crippen LogP contribution in [0.25, 0.3) is 0 Å². The fourth-order valence-electron chi connectivity index (χ4n) is 1.88. The van der Waals surface area contributed by atoms with Gasteiger partial charge in [0.1, 0.15) is 0 Å². The highest BCUT2D eigenvalue weighted by atomic mass is 32.2. The Morgan fingerprint density at radius 2 is 1.52 bits per heavy atom. The normalized spacial score (nSPS) is 13.1. The summed E-state index contributed by atoms with van der Waals surface area (Å²) < 4.78 is 22.7. The number of hydrogen-bond acceptors (Lipinski definition) is 5. The van der Waals surface area contributed by atoms with Gasteiger partial charge in [-0.1, -0.05) is 12.1 Å². The summed E-state index contributed by atoms with van der Waals surface area (Å²) in [6.45, 7) is 0.837. The molecule has 0 bridgehead atoms. The van der Waals surface area contributed by atoms with Gasteiger partial charge in [-0.15, -0.1) is 0 Å². The highest BCUT2D eigenvalue weighted by molar-refractivity contribution is 7.90. The van der Waals surface area contributed by atoms with Gasteiger partial charge in [0.05, 0.1) is 18.0 Å². The Morgan fingerprint density at radius 3 is 1.86 bits per heavy atom. The van der Waals surface area contributed by atoms with Crippen LogP contribution in [-0.2, 0) is 19.4 Å². The molecule has 0 amide bonds. The average Bonchev–Trinajstić information content (AvgIpc) is 2.35. The maximum absolute atomic E-state index is 11.4. The van der Waals surface area contributed by atoms with Crippen LogP contribution in [0.15, 0.2) is 29.2 Å². The van der Waals surface area contributed by atoms with Crippen molar-refractivity contribution in [3.8, 4) is 0 Å². The summed E-state index contributed by atoms with van der Waals surface area (Å²) in [4.78, 5) is 23.0. The van der Waals surface area contributed by atoms with Crippen molar-refractivity contribution in [2.75, 3.05) is 19.3 Å². The van der Waals surface area contributed by atoms with Gasteiger partial charge in [0.25, 0.3) is 0 Å². The summed E-state index contributed by atoms with van der Waals surface area (Å²) in [5.41, 5.74) is 0.643. The van der Waals surface area contributed by atoms with E-state index in [0.717, 1.165) is 6.26 Å². The Kier molecular flexibility index (Phi) is 5.45. The molecule has 0 fully saturated rings. The molecule has 0 aliphatic heterocycles. The summed E-state index contributed by atoms with van der Waals surface area (Å²) in [6.07, 6.45) is 1.09. The number of carbonyl (C=O) groups is 2. The second-order valence-corrected chi connectivity index (χ2v) is 6.73. The van der Waals surface area contributed by atoms with Gasteiger partial charge in [0.2, 0.25) is 0 Å². The Morgan fingerprint density at radius 1 is 1.10 bits per heavy atom. The summed E-state index contributed by atoms with van der Waals surface area (Å²) in [6, 6.07) is 5.47.